The van der Waals surface area contributed by atoms with E-state index < -0.39 is 0 Å². The zero-order valence-corrected chi connectivity index (χ0v) is 17.8. The molecule has 1 saturated heterocycles. The van der Waals surface area contributed by atoms with Gasteiger partial charge in [0.2, 0.25) is 0 Å². The highest BCUT2D eigenvalue weighted by Crippen LogP contribution is 2.34. The van der Waals surface area contributed by atoms with Crippen LogP contribution in [0.15, 0.2) is 48.5 Å². The van der Waals surface area contributed by atoms with Crippen molar-refractivity contribution in [1.29, 1.82) is 0 Å². The second-order valence-corrected chi connectivity index (χ2v) is 8.78. The van der Waals surface area contributed by atoms with Gasteiger partial charge >= 0.3 is 6.03 Å². The van der Waals surface area contributed by atoms with Crippen LogP contribution in [-0.4, -0.2) is 49.8 Å². The largest absolute Gasteiger partial charge is 0.486 e. The molecule has 1 unspecified atom stereocenters. The highest BCUT2D eigenvalue weighted by atomic mass is 16.6. The molecule has 4 rings (SSSR count). The SMILES string of the molecule is CC(C)(CNC(=O)NC1CCN(Cc2ccccc2)C1)c1ccc2c(c1)OCCO2. The number of urea groups is 1. The van der Waals surface area contributed by atoms with Gasteiger partial charge in [-0.25, -0.2) is 4.79 Å². The molecule has 2 heterocycles. The zero-order valence-electron chi connectivity index (χ0n) is 17.8. The lowest BCUT2D eigenvalue weighted by Gasteiger charge is -2.28. The molecular formula is C24H31N3O3. The van der Waals surface area contributed by atoms with Crippen LogP contribution in [0.1, 0.15) is 31.4 Å². The minimum atomic E-state index is -0.220. The molecule has 1 fully saturated rings. The highest BCUT2D eigenvalue weighted by Gasteiger charge is 2.26. The molecule has 6 nitrogen and oxygen atoms in total. The van der Waals surface area contributed by atoms with Crippen LogP contribution in [0.25, 0.3) is 0 Å². The number of amides is 2. The van der Waals surface area contributed by atoms with Gasteiger partial charge in [-0.15, -0.1) is 0 Å². The summed E-state index contributed by atoms with van der Waals surface area (Å²) in [4.78, 5) is 14.9. The Morgan fingerprint density at radius 3 is 2.67 bits per heavy atom. The molecule has 2 aliphatic rings. The Bertz CT molecular complexity index is 869. The average molecular weight is 410 g/mol. The van der Waals surface area contributed by atoms with E-state index >= 15 is 0 Å². The predicted octanol–water partition coefficient (Wildman–Crippen LogP) is 3.31. The average Bonchev–Trinajstić information content (AvgIpc) is 3.19. The first-order chi connectivity index (χ1) is 14.5. The van der Waals surface area contributed by atoms with Crippen LogP contribution in [0.4, 0.5) is 4.79 Å². The Hall–Kier alpha value is -2.73. The Kier molecular flexibility index (Phi) is 6.13. The maximum Gasteiger partial charge on any atom is 0.315 e. The molecule has 0 spiro atoms. The number of nitrogens with zero attached hydrogens (tertiary/aromatic N) is 1. The predicted molar refractivity (Wildman–Crippen MR) is 117 cm³/mol. The van der Waals surface area contributed by atoms with Crippen molar-refractivity contribution < 1.29 is 14.3 Å². The minimum absolute atomic E-state index is 0.104. The van der Waals surface area contributed by atoms with Gasteiger partial charge in [0.15, 0.2) is 11.5 Å². The second-order valence-electron chi connectivity index (χ2n) is 8.78. The number of rotatable bonds is 6. The van der Waals surface area contributed by atoms with E-state index in [0.29, 0.717) is 19.8 Å². The van der Waals surface area contributed by atoms with E-state index in [1.807, 2.05) is 24.3 Å². The maximum absolute atomic E-state index is 12.5. The third-order valence-electron chi connectivity index (χ3n) is 5.87. The number of carbonyl (C=O) groups is 1. The van der Waals surface area contributed by atoms with Crippen LogP contribution in [0.3, 0.4) is 0 Å². The van der Waals surface area contributed by atoms with Gasteiger partial charge in [0.1, 0.15) is 13.2 Å². The van der Waals surface area contributed by atoms with Crippen molar-refractivity contribution in [3.05, 3.63) is 59.7 Å². The number of likely N-dealkylation sites (tertiary alicyclic amines) is 1. The molecule has 30 heavy (non-hydrogen) atoms. The van der Waals surface area contributed by atoms with Crippen LogP contribution in [0.2, 0.25) is 0 Å². The Labute approximate surface area is 178 Å². The molecule has 160 valence electrons. The number of ether oxygens (including phenoxy) is 2. The Morgan fingerprint density at radius 1 is 1.10 bits per heavy atom. The van der Waals surface area contributed by atoms with Gasteiger partial charge in [0, 0.05) is 37.6 Å². The normalized spacial score (nSPS) is 18.8. The quantitative estimate of drug-likeness (QED) is 0.768. The molecule has 2 amide bonds. The number of nitrogens with one attached hydrogen (secondary N) is 2. The summed E-state index contributed by atoms with van der Waals surface area (Å²) in [5.41, 5.74) is 2.20. The van der Waals surface area contributed by atoms with Crippen LogP contribution >= 0.6 is 0 Å². The third kappa shape index (κ3) is 5.05. The summed E-state index contributed by atoms with van der Waals surface area (Å²) < 4.78 is 11.3. The first-order valence-corrected chi connectivity index (χ1v) is 10.7. The lowest BCUT2D eigenvalue weighted by atomic mass is 9.84. The van der Waals surface area contributed by atoms with E-state index in [9.17, 15) is 4.79 Å². The second kappa shape index (κ2) is 8.96. The van der Waals surface area contributed by atoms with Crippen molar-refractivity contribution in [2.75, 3.05) is 32.8 Å². The summed E-state index contributed by atoms with van der Waals surface area (Å²) in [7, 11) is 0. The van der Waals surface area contributed by atoms with Crippen LogP contribution in [0.5, 0.6) is 11.5 Å². The standard InChI is InChI=1S/C24H31N3O3/c1-24(2,19-8-9-21-22(14-19)30-13-12-29-21)17-25-23(28)26-20-10-11-27(16-20)15-18-6-4-3-5-7-18/h3-9,14,20H,10-13,15-17H2,1-2H3,(H2,25,26,28). The smallest absolute Gasteiger partial charge is 0.315 e. The number of fused-ring (bicyclic) bond motifs is 1. The van der Waals surface area contributed by atoms with E-state index in [2.05, 4.69) is 53.6 Å². The summed E-state index contributed by atoms with van der Waals surface area (Å²) in [6.07, 6.45) is 0.978. The molecule has 6 heteroatoms. The fraction of sp³-hybridized carbons (Fsp3) is 0.458. The Morgan fingerprint density at radius 2 is 1.87 bits per heavy atom. The first-order valence-electron chi connectivity index (χ1n) is 10.7. The summed E-state index contributed by atoms with van der Waals surface area (Å²) in [6, 6.07) is 16.6. The fourth-order valence-corrected chi connectivity index (χ4v) is 4.04. The molecule has 2 aromatic carbocycles. The topological polar surface area (TPSA) is 62.8 Å². The van der Waals surface area contributed by atoms with Crippen molar-refractivity contribution in [3.63, 3.8) is 0 Å². The van der Waals surface area contributed by atoms with Crippen LogP contribution in [-0.2, 0) is 12.0 Å². The van der Waals surface area contributed by atoms with Crippen molar-refractivity contribution >= 4 is 6.03 Å². The van der Waals surface area contributed by atoms with E-state index in [1.165, 1.54) is 5.56 Å². The molecule has 0 bridgehead atoms. The summed E-state index contributed by atoms with van der Waals surface area (Å²) in [5.74, 6) is 1.56. The van der Waals surface area contributed by atoms with Gasteiger partial charge in [-0.05, 0) is 29.7 Å². The number of benzene rings is 2. The molecule has 2 aromatic rings. The molecule has 0 aliphatic carbocycles. The monoisotopic (exact) mass is 409 g/mol. The van der Waals surface area contributed by atoms with Gasteiger partial charge < -0.3 is 20.1 Å². The molecule has 0 aromatic heterocycles. The van der Waals surface area contributed by atoms with E-state index in [-0.39, 0.29) is 17.5 Å². The third-order valence-corrected chi connectivity index (χ3v) is 5.87. The molecule has 1 atom stereocenters. The van der Waals surface area contributed by atoms with Crippen molar-refractivity contribution in [2.24, 2.45) is 0 Å². The summed E-state index contributed by atoms with van der Waals surface area (Å²) >= 11 is 0. The molecule has 0 radical (unpaired) electrons. The van der Waals surface area contributed by atoms with Gasteiger partial charge in [0.25, 0.3) is 0 Å². The van der Waals surface area contributed by atoms with Crippen molar-refractivity contribution in [1.82, 2.24) is 15.5 Å². The minimum Gasteiger partial charge on any atom is -0.486 e. The fourth-order valence-electron chi connectivity index (χ4n) is 4.04. The van der Waals surface area contributed by atoms with E-state index in [1.54, 1.807) is 0 Å². The Balaban J connectivity index is 1.25. The summed E-state index contributed by atoms with van der Waals surface area (Å²) in [5, 5.41) is 6.18. The maximum atomic E-state index is 12.5. The summed E-state index contributed by atoms with van der Waals surface area (Å²) in [6.45, 7) is 8.75. The molecule has 0 saturated carbocycles. The van der Waals surface area contributed by atoms with Crippen LogP contribution < -0.4 is 20.1 Å². The van der Waals surface area contributed by atoms with Crippen molar-refractivity contribution in [2.45, 2.75) is 38.3 Å². The van der Waals surface area contributed by atoms with Gasteiger partial charge in [-0.3, -0.25) is 4.90 Å². The molecule has 2 N–H and O–H groups in total. The molecular weight excluding hydrogens is 378 g/mol. The number of hydrogen-bond donors (Lipinski definition) is 2. The van der Waals surface area contributed by atoms with Crippen molar-refractivity contribution in [3.8, 4) is 11.5 Å². The lowest BCUT2D eigenvalue weighted by molar-refractivity contribution is 0.171. The van der Waals surface area contributed by atoms with E-state index in [4.69, 9.17) is 9.47 Å². The number of carbonyl (C=O) groups excluding carboxylic acids is 1. The zero-order chi connectivity index (χ0) is 21.0. The van der Waals surface area contributed by atoms with Gasteiger partial charge in [-0.1, -0.05) is 50.2 Å². The van der Waals surface area contributed by atoms with E-state index in [0.717, 1.165) is 43.1 Å². The van der Waals surface area contributed by atoms with Crippen LogP contribution in [0, 0.1) is 0 Å². The van der Waals surface area contributed by atoms with Gasteiger partial charge in [-0.2, -0.15) is 0 Å². The molecule has 2 aliphatic heterocycles. The lowest BCUT2D eigenvalue weighted by Crippen LogP contribution is -2.46. The number of hydrogen-bond acceptors (Lipinski definition) is 4. The highest BCUT2D eigenvalue weighted by molar-refractivity contribution is 5.74. The first kappa shape index (κ1) is 20.5. The van der Waals surface area contributed by atoms with Gasteiger partial charge in [0.05, 0.1) is 0 Å².